The van der Waals surface area contributed by atoms with E-state index in [0.717, 1.165) is 42.7 Å². The van der Waals surface area contributed by atoms with Gasteiger partial charge < -0.3 is 9.47 Å². The Labute approximate surface area is 120 Å². The third kappa shape index (κ3) is 6.25. The highest BCUT2D eigenvalue weighted by molar-refractivity contribution is 7.85. The van der Waals surface area contributed by atoms with Gasteiger partial charge in [-0.05, 0) is 43.0 Å². The normalized spacial score (nSPS) is 11.3. The van der Waals surface area contributed by atoms with Crippen molar-refractivity contribution in [3.63, 3.8) is 0 Å². The summed E-state index contributed by atoms with van der Waals surface area (Å²) < 4.78 is 40.2. The minimum atomic E-state index is -3.82. The highest BCUT2D eigenvalue weighted by Gasteiger charge is 2.06. The van der Waals surface area contributed by atoms with Gasteiger partial charge in [0.2, 0.25) is 0 Å². The van der Waals surface area contributed by atoms with Crippen LogP contribution in [0.5, 0.6) is 11.5 Å². The van der Waals surface area contributed by atoms with Crippen molar-refractivity contribution in [2.24, 2.45) is 0 Å². The van der Waals surface area contributed by atoms with Crippen LogP contribution in [0.25, 0.3) is 0 Å². The maximum atomic E-state index is 10.6. The molecule has 6 heteroatoms. The minimum absolute atomic E-state index is 0.157. The molecular weight excluding hydrogens is 280 g/mol. The first-order chi connectivity index (χ1) is 9.46. The highest BCUT2D eigenvalue weighted by atomic mass is 32.2. The number of rotatable bonds is 9. The van der Waals surface area contributed by atoms with Gasteiger partial charge in [-0.2, -0.15) is 8.42 Å². The second kappa shape index (κ2) is 8.11. The summed E-state index contributed by atoms with van der Waals surface area (Å²) in [6, 6.07) is 5.69. The van der Waals surface area contributed by atoms with Crippen LogP contribution >= 0.6 is 0 Å². The summed E-state index contributed by atoms with van der Waals surface area (Å²) in [5, 5.41) is 0. The van der Waals surface area contributed by atoms with E-state index in [0.29, 0.717) is 6.42 Å². The van der Waals surface area contributed by atoms with Crippen LogP contribution in [0.1, 0.15) is 31.2 Å². The summed E-state index contributed by atoms with van der Waals surface area (Å²) in [6.45, 7) is 0. The fourth-order valence-corrected chi connectivity index (χ4v) is 2.60. The molecule has 0 spiro atoms. The predicted octanol–water partition coefficient (Wildman–Crippen LogP) is 2.69. The molecule has 1 aromatic carbocycles. The van der Waals surface area contributed by atoms with E-state index in [-0.39, 0.29) is 5.75 Å². The van der Waals surface area contributed by atoms with Gasteiger partial charge in [0.1, 0.15) is 11.5 Å². The Morgan fingerprint density at radius 1 is 1.05 bits per heavy atom. The SMILES string of the molecule is COc1ccc(OC)c(CCCCCCS(=O)(=O)O)c1. The molecule has 0 atom stereocenters. The third-order valence-corrected chi connectivity index (χ3v) is 3.89. The van der Waals surface area contributed by atoms with Gasteiger partial charge in [-0.1, -0.05) is 12.8 Å². The van der Waals surface area contributed by atoms with Gasteiger partial charge in [0.25, 0.3) is 10.1 Å². The molecule has 0 saturated carbocycles. The molecule has 0 aliphatic heterocycles. The Hall–Kier alpha value is -1.27. The van der Waals surface area contributed by atoms with E-state index < -0.39 is 10.1 Å². The van der Waals surface area contributed by atoms with E-state index in [2.05, 4.69) is 0 Å². The lowest BCUT2D eigenvalue weighted by Crippen LogP contribution is -2.03. The molecule has 0 radical (unpaired) electrons. The molecule has 0 heterocycles. The maximum absolute atomic E-state index is 10.6. The summed E-state index contributed by atoms with van der Waals surface area (Å²) in [5.41, 5.74) is 1.08. The molecule has 20 heavy (non-hydrogen) atoms. The zero-order valence-electron chi connectivity index (χ0n) is 12.0. The van der Waals surface area contributed by atoms with Crippen LogP contribution in [-0.4, -0.2) is 32.9 Å². The smallest absolute Gasteiger partial charge is 0.264 e. The Balaban J connectivity index is 2.37. The lowest BCUT2D eigenvalue weighted by atomic mass is 10.0. The molecule has 1 rings (SSSR count). The lowest BCUT2D eigenvalue weighted by Gasteiger charge is -2.10. The van der Waals surface area contributed by atoms with E-state index in [1.165, 1.54) is 0 Å². The van der Waals surface area contributed by atoms with Crippen molar-refractivity contribution in [3.8, 4) is 11.5 Å². The largest absolute Gasteiger partial charge is 0.497 e. The number of hydrogen-bond donors (Lipinski definition) is 1. The van der Waals surface area contributed by atoms with Crippen molar-refractivity contribution >= 4 is 10.1 Å². The molecule has 0 aliphatic rings. The second-order valence-corrected chi connectivity index (χ2v) is 6.20. The average Bonchev–Trinajstić information content (AvgIpc) is 2.41. The fourth-order valence-electron chi connectivity index (χ4n) is 2.03. The molecule has 0 aromatic heterocycles. The van der Waals surface area contributed by atoms with Crippen LogP contribution in [0, 0.1) is 0 Å². The standard InChI is InChI=1S/C14H22O5S/c1-18-13-8-9-14(19-2)12(11-13)7-5-3-4-6-10-20(15,16)17/h8-9,11H,3-7,10H2,1-2H3,(H,15,16,17). The van der Waals surface area contributed by atoms with Crippen LogP contribution in [-0.2, 0) is 16.5 Å². The quantitative estimate of drug-likeness (QED) is 0.561. The average molecular weight is 302 g/mol. The van der Waals surface area contributed by atoms with Crippen LogP contribution in [0.2, 0.25) is 0 Å². The summed E-state index contributed by atoms with van der Waals surface area (Å²) in [7, 11) is -0.557. The maximum Gasteiger partial charge on any atom is 0.264 e. The molecule has 0 aliphatic carbocycles. The van der Waals surface area contributed by atoms with Crippen molar-refractivity contribution in [2.75, 3.05) is 20.0 Å². The van der Waals surface area contributed by atoms with Crippen LogP contribution in [0.4, 0.5) is 0 Å². The van der Waals surface area contributed by atoms with Crippen molar-refractivity contribution < 1.29 is 22.4 Å². The fraction of sp³-hybridized carbons (Fsp3) is 0.571. The summed E-state index contributed by atoms with van der Waals surface area (Å²) in [6.07, 6.45) is 3.98. The van der Waals surface area contributed by atoms with Gasteiger partial charge >= 0.3 is 0 Å². The summed E-state index contributed by atoms with van der Waals surface area (Å²) in [5.74, 6) is 1.48. The summed E-state index contributed by atoms with van der Waals surface area (Å²) in [4.78, 5) is 0. The van der Waals surface area contributed by atoms with Crippen LogP contribution in [0.15, 0.2) is 18.2 Å². The Bertz CT molecular complexity index is 510. The Morgan fingerprint density at radius 3 is 2.35 bits per heavy atom. The number of aryl methyl sites for hydroxylation is 1. The van der Waals surface area contributed by atoms with Crippen molar-refractivity contribution in [1.29, 1.82) is 0 Å². The van der Waals surface area contributed by atoms with Crippen molar-refractivity contribution in [2.45, 2.75) is 32.1 Å². The summed E-state index contributed by atoms with van der Waals surface area (Å²) >= 11 is 0. The molecule has 1 N–H and O–H groups in total. The van der Waals surface area contributed by atoms with Gasteiger partial charge in [0.05, 0.1) is 20.0 Å². The molecular formula is C14H22O5S. The lowest BCUT2D eigenvalue weighted by molar-refractivity contribution is 0.398. The molecule has 0 bridgehead atoms. The molecule has 0 unspecified atom stereocenters. The zero-order valence-corrected chi connectivity index (χ0v) is 12.8. The molecule has 0 saturated heterocycles. The van der Waals surface area contributed by atoms with E-state index in [9.17, 15) is 8.42 Å². The van der Waals surface area contributed by atoms with Gasteiger partial charge in [-0.25, -0.2) is 0 Å². The van der Waals surface area contributed by atoms with Gasteiger partial charge in [0, 0.05) is 0 Å². The van der Waals surface area contributed by atoms with Crippen molar-refractivity contribution in [3.05, 3.63) is 23.8 Å². The van der Waals surface area contributed by atoms with Gasteiger partial charge in [0.15, 0.2) is 0 Å². The van der Waals surface area contributed by atoms with E-state index in [1.54, 1.807) is 14.2 Å². The van der Waals surface area contributed by atoms with E-state index in [4.69, 9.17) is 14.0 Å². The zero-order chi connectivity index (χ0) is 15.0. The highest BCUT2D eigenvalue weighted by Crippen LogP contribution is 2.25. The second-order valence-electron chi connectivity index (χ2n) is 4.63. The third-order valence-electron chi connectivity index (χ3n) is 3.09. The Morgan fingerprint density at radius 2 is 1.75 bits per heavy atom. The van der Waals surface area contributed by atoms with E-state index in [1.807, 2.05) is 18.2 Å². The topological polar surface area (TPSA) is 72.8 Å². The number of methoxy groups -OCH3 is 2. The first-order valence-corrected chi connectivity index (χ1v) is 8.23. The number of unbranched alkanes of at least 4 members (excludes halogenated alkanes) is 3. The monoisotopic (exact) mass is 302 g/mol. The number of benzene rings is 1. The van der Waals surface area contributed by atoms with E-state index >= 15 is 0 Å². The number of ether oxygens (including phenoxy) is 2. The number of hydrogen-bond acceptors (Lipinski definition) is 4. The molecule has 0 fully saturated rings. The molecule has 114 valence electrons. The first-order valence-electron chi connectivity index (χ1n) is 6.62. The molecule has 1 aromatic rings. The Kier molecular flexibility index (Phi) is 6.81. The molecule has 0 amide bonds. The van der Waals surface area contributed by atoms with Crippen molar-refractivity contribution in [1.82, 2.24) is 0 Å². The van der Waals surface area contributed by atoms with Crippen LogP contribution < -0.4 is 9.47 Å². The van der Waals surface area contributed by atoms with Gasteiger partial charge in [-0.3, -0.25) is 4.55 Å². The predicted molar refractivity (Wildman–Crippen MR) is 78.1 cm³/mol. The minimum Gasteiger partial charge on any atom is -0.497 e. The van der Waals surface area contributed by atoms with Gasteiger partial charge in [-0.15, -0.1) is 0 Å². The first kappa shape index (κ1) is 16.8. The molecule has 5 nitrogen and oxygen atoms in total. The van der Waals surface area contributed by atoms with Crippen LogP contribution in [0.3, 0.4) is 0 Å².